The Morgan fingerprint density at radius 3 is 0.563 bits per heavy atom. The third-order valence-corrected chi connectivity index (χ3v) is 18.1. The highest BCUT2D eigenvalue weighted by Crippen LogP contribution is 2.57. The first-order chi connectivity index (χ1) is 57.3. The number of phosphoric acid groups is 2. The number of methoxy groups -OCH3 is 2. The molecule has 710 valence electrons. The molecule has 0 bridgehead atoms. The predicted molar refractivity (Wildman–Crippen MR) is 474 cm³/mol. The molecule has 2 unspecified atom stereocenters. The number of aliphatic hydroxyl groups excluding tert-OH is 3. The van der Waals surface area contributed by atoms with Gasteiger partial charge < -0.3 is 71.9 Å². The number of ketones is 1. The average molecular weight is 1930 g/mol. The molecule has 0 saturated carbocycles. The van der Waals surface area contributed by atoms with Gasteiger partial charge in [-0.3, -0.25) is 46.1 Å². The summed E-state index contributed by atoms with van der Waals surface area (Å²) in [5.74, 6) is -5.78. The summed E-state index contributed by atoms with van der Waals surface area (Å²) in [5.41, 5.74) is 3.16. The molecule has 0 amide bonds. The first-order valence-corrected chi connectivity index (χ1v) is 42.0. The first kappa shape index (κ1) is 128. The second-order valence-electron chi connectivity index (χ2n) is 21.8. The van der Waals surface area contributed by atoms with Crippen molar-refractivity contribution in [3.05, 3.63) is 212 Å². The second kappa shape index (κ2) is 73.9. The zero-order valence-electron chi connectivity index (χ0n) is 66.4. The largest absolute Gasteiger partial charge is 0.475 e. The highest BCUT2D eigenvalue weighted by molar-refractivity contribution is 8.05. The summed E-state index contributed by atoms with van der Waals surface area (Å²) >= 11 is 20.2. The number of aliphatic hydroxyl groups is 3. The van der Waals surface area contributed by atoms with Crippen molar-refractivity contribution in [3.63, 3.8) is 0 Å². The summed E-state index contributed by atoms with van der Waals surface area (Å²) in [6.45, 7) is 3.90. The zero-order valence-corrected chi connectivity index (χ0v) is 71.1. The van der Waals surface area contributed by atoms with E-state index in [1.54, 1.807) is 20.8 Å². The molecule has 6 aromatic rings. The minimum absolute atomic E-state index is 0. The number of benzene rings is 6. The molecular weight excluding hydrogens is 1810 g/mol. The van der Waals surface area contributed by atoms with Crippen molar-refractivity contribution in [2.24, 2.45) is 0 Å². The van der Waals surface area contributed by atoms with E-state index >= 15 is 0 Å². The summed E-state index contributed by atoms with van der Waals surface area (Å²) in [6.07, 6.45) is -3.22. The van der Waals surface area contributed by atoms with Gasteiger partial charge in [0.25, 0.3) is 10.5 Å². The van der Waals surface area contributed by atoms with Crippen molar-refractivity contribution in [1.29, 1.82) is 0 Å². The molecule has 0 heterocycles. The lowest BCUT2D eigenvalue weighted by molar-refractivity contribution is 0.0318. The Balaban J connectivity index is -0.000000309. The zero-order chi connectivity index (χ0) is 89.9. The SMILES string of the molecule is C.C.C.C.C.C.C.CCOP(=O)(Cl)Cl.CCOP(=O)(OCCOC(=O)c1ccc(C(=O)OCCO)cc1)OCCOC(=O)c1ccc(C(=O)OCCOC)cc1.CCOP(=O)(OCCOC(=O)c1ccc(C(C)=O)cc1)OCCOC(=O)c1ccc(C(=O)OCCOC)cc1.O=C(Cl)c1ccc(C(=O)Cl)cc1.O=C(OCCO)c1ccc(C(=O)OCCO)cc1.[3H]C. The van der Waals surface area contributed by atoms with Gasteiger partial charge in [-0.2, -0.15) is 0 Å². The molecule has 126 heavy (non-hydrogen) atoms. The van der Waals surface area contributed by atoms with Crippen LogP contribution in [0.25, 0.3) is 0 Å². The standard InChI is InChI=1S/C27H33O14P.C26H31O12P.C12H14O6.C8H4Cl2O2.C2H5Cl2O2P.8CH4/c1-3-39-42(33,40-18-16-37-26(31)22-6-4-20(5-7-22)24(29)35-13-12-28)41-19-17-38-27(32)23-10-8-21(9-11-23)25(30)36-15-14-34-2;1-4-36-39(31,37-17-15-34-25(29)21-7-5-20(6-8-21)19(2)27)38-18-16-35-26(30)23-11-9-22(10-12-23)24(28)33-14-13-32-3;13-5-7-17-11(15)9-1-2-10(4-3-9)12(16)18-8-6-14;9-7(11)5-1-2-6(4-3-5)8(10)12;1-2-6-7(3,4)5;;;;;;;;/h4-11,28H,3,12-19H2,1-2H3;5-12H,4,13-18H2,1-3H3;1-4,13-14H,5-8H2;1-4H;2H2,1H3;8*1H4/i;;;;;1T;;;;;;;. The Morgan fingerprint density at radius 2 is 0.429 bits per heavy atom. The number of hydrogen-bond acceptors (Lipinski definition) is 36. The Kier molecular flexibility index (Phi) is 74.9. The molecule has 0 spiro atoms. The molecule has 36 nitrogen and oxygen atoms in total. The van der Waals surface area contributed by atoms with Gasteiger partial charge >= 0.3 is 75.4 Å². The van der Waals surface area contributed by atoms with Crippen molar-refractivity contribution in [2.75, 3.05) is 153 Å². The van der Waals surface area contributed by atoms with Crippen LogP contribution in [0.1, 0.15) is 213 Å². The maximum atomic E-state index is 12.8. The van der Waals surface area contributed by atoms with Crippen molar-refractivity contribution in [1.82, 2.24) is 0 Å². The van der Waals surface area contributed by atoms with Crippen LogP contribution in [0.4, 0.5) is 0 Å². The van der Waals surface area contributed by atoms with Gasteiger partial charge in [0.15, 0.2) is 5.78 Å². The summed E-state index contributed by atoms with van der Waals surface area (Å²) < 4.78 is 131. The average Bonchev–Trinajstić information content (AvgIpc) is 0.888. The summed E-state index contributed by atoms with van der Waals surface area (Å²) in [7, 11) is -3.84. The van der Waals surface area contributed by atoms with Gasteiger partial charge in [0.1, 0.15) is 59.5 Å². The normalized spacial score (nSPS) is 10.9. The molecule has 0 fully saturated rings. The number of Topliss-reactive ketones (excluding diaryl/α,β-unsaturated/α-hetero) is 1. The maximum Gasteiger partial charge on any atom is 0.475 e. The van der Waals surface area contributed by atoms with Crippen LogP contribution in [0.2, 0.25) is 0 Å². The molecule has 0 aliphatic carbocycles. The fourth-order valence-electron chi connectivity index (χ4n) is 7.97. The molecular formula is C83H119Cl4O36P3. The highest BCUT2D eigenvalue weighted by Gasteiger charge is 2.29. The number of esters is 9. The van der Waals surface area contributed by atoms with Crippen LogP contribution in [0.15, 0.2) is 146 Å². The van der Waals surface area contributed by atoms with E-state index in [-0.39, 0.29) is 247 Å². The molecule has 2 atom stereocenters. The molecule has 0 aromatic heterocycles. The maximum absolute atomic E-state index is 12.8. The van der Waals surface area contributed by atoms with Gasteiger partial charge in [0.05, 0.1) is 129 Å². The van der Waals surface area contributed by atoms with Gasteiger partial charge in [-0.15, -0.1) is 0 Å². The van der Waals surface area contributed by atoms with Gasteiger partial charge in [-0.05, 0) is 207 Å². The van der Waals surface area contributed by atoms with Crippen molar-refractivity contribution >= 4 is 137 Å². The number of carbonyl (C=O) groups excluding carboxylic acids is 12. The van der Waals surface area contributed by atoms with E-state index in [2.05, 4.69) is 4.52 Å². The Labute approximate surface area is 757 Å². The number of rotatable bonds is 46. The number of hydrogen-bond donors (Lipinski definition) is 3. The van der Waals surface area contributed by atoms with Gasteiger partial charge in [0, 0.05) is 32.3 Å². The van der Waals surface area contributed by atoms with E-state index in [4.69, 9.17) is 142 Å². The second-order valence-corrected chi connectivity index (χ2v) is 30.1. The Hall–Kier alpha value is -9.07. The van der Waals surface area contributed by atoms with Crippen LogP contribution in [0.5, 0.6) is 0 Å². The number of halogens is 4. The lowest BCUT2D eigenvalue weighted by Gasteiger charge is -2.17. The molecule has 0 aliphatic rings. The smallest absolute Gasteiger partial charge is 0.460 e. The van der Waals surface area contributed by atoms with Crippen LogP contribution in [-0.2, 0) is 97.5 Å². The van der Waals surface area contributed by atoms with Crippen LogP contribution in [0.3, 0.4) is 0 Å². The molecule has 43 heteroatoms. The topological polar surface area (TPSA) is 483 Å². The van der Waals surface area contributed by atoms with E-state index in [1.807, 2.05) is 0 Å². The van der Waals surface area contributed by atoms with Crippen LogP contribution >= 0.6 is 67.4 Å². The fraction of sp³-hybridized carbons (Fsp3) is 0.422. The lowest BCUT2D eigenvalue weighted by atomic mass is 10.1. The molecule has 6 aromatic carbocycles. The van der Waals surface area contributed by atoms with Crippen LogP contribution < -0.4 is 0 Å². The highest BCUT2D eigenvalue weighted by atomic mass is 35.9. The van der Waals surface area contributed by atoms with Gasteiger partial charge in [-0.1, -0.05) is 71.5 Å². The van der Waals surface area contributed by atoms with Crippen molar-refractivity contribution < 1.29 is 172 Å². The van der Waals surface area contributed by atoms with Crippen molar-refractivity contribution in [2.45, 2.75) is 87.1 Å². The van der Waals surface area contributed by atoms with Crippen LogP contribution in [-0.4, -0.2) is 238 Å². The number of ether oxygens (including phenoxy) is 11. The number of carbonyl (C=O) groups is 12. The van der Waals surface area contributed by atoms with Crippen LogP contribution in [0, 0.1) is 0 Å². The molecule has 0 aliphatic heterocycles. The number of phosphoric ester groups is 2. The summed E-state index contributed by atoms with van der Waals surface area (Å²) in [6, 6.07) is 34.2. The fourth-order valence-corrected chi connectivity index (χ4v) is 11.4. The van der Waals surface area contributed by atoms with E-state index in [1.165, 1.54) is 174 Å². The van der Waals surface area contributed by atoms with E-state index in [0.29, 0.717) is 16.7 Å². The van der Waals surface area contributed by atoms with Gasteiger partial charge in [0.2, 0.25) is 0 Å². The predicted octanol–water partition coefficient (Wildman–Crippen LogP) is 16.8. The monoisotopic (exact) mass is 1930 g/mol. The van der Waals surface area contributed by atoms with E-state index in [0.717, 1.165) is 0 Å². The summed E-state index contributed by atoms with van der Waals surface area (Å²) in [4.78, 5) is 140. The quantitative estimate of drug-likeness (QED) is 0.00798. The molecule has 0 saturated heterocycles. The van der Waals surface area contributed by atoms with E-state index in [9.17, 15) is 71.2 Å². The van der Waals surface area contributed by atoms with E-state index < -0.39 is 85.9 Å². The minimum Gasteiger partial charge on any atom is -0.460 e. The molecule has 3 N–H and O–H groups in total. The lowest BCUT2D eigenvalue weighted by Crippen LogP contribution is -2.14. The Morgan fingerprint density at radius 1 is 0.270 bits per heavy atom. The third kappa shape index (κ3) is 54.8. The van der Waals surface area contributed by atoms with Crippen molar-refractivity contribution in [3.8, 4) is 0 Å². The Bertz CT molecular complexity index is 4210. The first-order valence-electron chi connectivity index (χ1n) is 35.8. The summed E-state index contributed by atoms with van der Waals surface area (Å²) in [5, 5.41) is 24.6. The minimum atomic E-state index is -4.05. The molecule has 0 radical (unpaired) electrons. The molecule has 6 rings (SSSR count). The van der Waals surface area contributed by atoms with Gasteiger partial charge in [-0.25, -0.2) is 52.3 Å². The third-order valence-electron chi connectivity index (χ3n) is 13.4.